The molecule has 56 valence electrons. The summed E-state index contributed by atoms with van der Waals surface area (Å²) in [6, 6.07) is 0. The fourth-order valence-electron chi connectivity index (χ4n) is 0.168. The van der Waals surface area contributed by atoms with Crippen LogP contribution in [0.15, 0.2) is 0 Å². The van der Waals surface area contributed by atoms with Gasteiger partial charge in [0.1, 0.15) is 6.79 Å². The molecule has 4 N–H and O–H groups in total. The summed E-state index contributed by atoms with van der Waals surface area (Å²) in [7, 11) is -3.79. The van der Waals surface area contributed by atoms with Crippen LogP contribution in [0.4, 0.5) is 0 Å². The second kappa shape index (κ2) is 5.91. The molecule has 0 atom stereocenters. The van der Waals surface area contributed by atoms with Gasteiger partial charge in [0.2, 0.25) is 0 Å². The van der Waals surface area contributed by atoms with E-state index in [1.54, 1.807) is 0 Å². The predicted molar refractivity (Wildman–Crippen MR) is 33.1 cm³/mol. The first kappa shape index (κ1) is 11.6. The van der Waals surface area contributed by atoms with E-state index >= 15 is 0 Å². The third kappa shape index (κ3) is 18.2. The maximum Gasteiger partial charge on any atom is 0.326 e. The molecular weight excluding hydrogens is 145 g/mol. The lowest BCUT2D eigenvalue weighted by Gasteiger charge is -1.96. The molecule has 0 unspecified atom stereocenters. The van der Waals surface area contributed by atoms with Crippen molar-refractivity contribution in [2.75, 3.05) is 12.7 Å². The minimum atomic E-state index is -3.79. The monoisotopic (exact) mass is 155 g/mol. The first-order chi connectivity index (χ1) is 4.06. The van der Waals surface area contributed by atoms with Gasteiger partial charge in [0.15, 0.2) is 0 Å². The minimum absolute atomic E-state index is 0.0459. The van der Waals surface area contributed by atoms with Crippen molar-refractivity contribution in [2.24, 2.45) is 5.73 Å². The van der Waals surface area contributed by atoms with Gasteiger partial charge in [0, 0.05) is 6.54 Å². The average Bonchev–Trinajstić information content (AvgIpc) is 1.69. The van der Waals surface area contributed by atoms with E-state index in [0.717, 1.165) is 0 Å². The molecule has 0 aliphatic rings. The van der Waals surface area contributed by atoms with E-state index in [4.69, 9.17) is 20.3 Å². The van der Waals surface area contributed by atoms with E-state index in [1.165, 1.54) is 0 Å². The van der Waals surface area contributed by atoms with Gasteiger partial charge < -0.3 is 20.3 Å². The fourth-order valence-corrected chi connectivity index (χ4v) is 0.505. The van der Waals surface area contributed by atoms with Crippen LogP contribution in [0.1, 0.15) is 0 Å². The molecule has 5 nitrogen and oxygen atoms in total. The molecular formula is C3H10NO4P. The Hall–Kier alpha value is -0.220. The number of hydrogen-bond donors (Lipinski definition) is 3. The second-order valence-electron chi connectivity index (χ2n) is 1.18. The van der Waals surface area contributed by atoms with Crippen molar-refractivity contribution in [3.05, 3.63) is 0 Å². The van der Waals surface area contributed by atoms with Crippen molar-refractivity contribution >= 4 is 14.4 Å². The van der Waals surface area contributed by atoms with Crippen LogP contribution in [0.3, 0.4) is 0 Å². The molecule has 9 heavy (non-hydrogen) atoms. The molecule has 0 fully saturated rings. The summed E-state index contributed by atoms with van der Waals surface area (Å²) in [6.07, 6.45) is -0.215. The fraction of sp³-hybridized carbons (Fsp3) is 0.667. The van der Waals surface area contributed by atoms with Gasteiger partial charge in [-0.1, -0.05) is 0 Å². The molecule has 0 aliphatic heterocycles. The first-order valence-electron chi connectivity index (χ1n) is 2.10. The topological polar surface area (TPSA) is 101 Å². The summed E-state index contributed by atoms with van der Waals surface area (Å²) in [5.41, 5.74) is 4.82. The second-order valence-corrected chi connectivity index (χ2v) is 2.95. The maximum absolute atomic E-state index is 9.85. The molecule has 0 rings (SSSR count). The molecule has 0 aromatic heterocycles. The van der Waals surface area contributed by atoms with Gasteiger partial charge in [-0.15, -0.1) is 0 Å². The van der Waals surface area contributed by atoms with Gasteiger partial charge in [0.25, 0.3) is 0 Å². The standard InChI is InChI=1S/C2H8NO3P.CH2O/c3-1-2-7(4,5)6;1-2/h1-3H2,(H2,4,5,6);1H2. The molecule has 0 saturated carbocycles. The third-order valence-corrected chi connectivity index (χ3v) is 1.26. The van der Waals surface area contributed by atoms with Gasteiger partial charge in [-0.3, -0.25) is 4.57 Å². The van der Waals surface area contributed by atoms with Crippen LogP contribution in [0.2, 0.25) is 0 Å². The van der Waals surface area contributed by atoms with Crippen LogP contribution in [0.5, 0.6) is 0 Å². The van der Waals surface area contributed by atoms with Crippen molar-refractivity contribution in [3.63, 3.8) is 0 Å². The van der Waals surface area contributed by atoms with E-state index in [0.29, 0.717) is 0 Å². The highest BCUT2D eigenvalue weighted by Crippen LogP contribution is 2.32. The van der Waals surface area contributed by atoms with Crippen LogP contribution >= 0.6 is 7.60 Å². The van der Waals surface area contributed by atoms with Crippen molar-refractivity contribution in [3.8, 4) is 0 Å². The van der Waals surface area contributed by atoms with Gasteiger partial charge in [-0.2, -0.15) is 0 Å². The average molecular weight is 155 g/mol. The summed E-state index contributed by atoms with van der Waals surface area (Å²) in [5.74, 6) is 0. The van der Waals surface area contributed by atoms with Gasteiger partial charge in [0.05, 0.1) is 6.16 Å². The molecule has 0 spiro atoms. The number of rotatable bonds is 2. The molecule has 0 aromatic carbocycles. The van der Waals surface area contributed by atoms with Gasteiger partial charge in [-0.05, 0) is 0 Å². The zero-order valence-corrected chi connectivity index (χ0v) is 5.75. The lowest BCUT2D eigenvalue weighted by Crippen LogP contribution is -2.04. The molecule has 0 aliphatic carbocycles. The summed E-state index contributed by atoms with van der Waals surface area (Å²) in [5, 5.41) is 0. The highest BCUT2D eigenvalue weighted by Gasteiger charge is 2.08. The van der Waals surface area contributed by atoms with Gasteiger partial charge >= 0.3 is 7.60 Å². The maximum atomic E-state index is 9.85. The van der Waals surface area contributed by atoms with E-state index in [9.17, 15) is 4.57 Å². The quantitative estimate of drug-likeness (QED) is 0.441. The highest BCUT2D eigenvalue weighted by atomic mass is 31.2. The summed E-state index contributed by atoms with van der Waals surface area (Å²) >= 11 is 0. The Kier molecular flexibility index (Phi) is 7.59. The van der Waals surface area contributed by atoms with Crippen LogP contribution in [0, 0.1) is 0 Å². The number of carbonyl (C=O) groups excluding carboxylic acids is 1. The zero-order valence-electron chi connectivity index (χ0n) is 4.86. The summed E-state index contributed by atoms with van der Waals surface area (Å²) < 4.78 is 9.85. The van der Waals surface area contributed by atoms with Crippen LogP contribution in [-0.2, 0) is 9.36 Å². The normalized spacial score (nSPS) is 9.67. The molecule has 0 saturated heterocycles. The first-order valence-corrected chi connectivity index (χ1v) is 3.89. The molecule has 0 amide bonds. The number of hydrogen-bond acceptors (Lipinski definition) is 3. The van der Waals surface area contributed by atoms with Crippen LogP contribution in [0.25, 0.3) is 0 Å². The lowest BCUT2D eigenvalue weighted by molar-refractivity contribution is -0.0979. The molecule has 0 radical (unpaired) electrons. The molecule has 0 heterocycles. The Bertz CT molecular complexity index is 100.0. The lowest BCUT2D eigenvalue weighted by atomic mass is 10.8. The molecule has 0 bridgehead atoms. The van der Waals surface area contributed by atoms with E-state index in [-0.39, 0.29) is 12.7 Å². The Morgan fingerprint density at radius 1 is 1.44 bits per heavy atom. The largest absolute Gasteiger partial charge is 0.330 e. The van der Waals surface area contributed by atoms with E-state index in [1.807, 2.05) is 6.79 Å². The Morgan fingerprint density at radius 2 is 1.78 bits per heavy atom. The SMILES string of the molecule is C=O.NCCP(=O)(O)O. The van der Waals surface area contributed by atoms with Crippen molar-refractivity contribution in [1.82, 2.24) is 0 Å². The Morgan fingerprint density at radius 3 is 1.78 bits per heavy atom. The van der Waals surface area contributed by atoms with Gasteiger partial charge in [-0.25, -0.2) is 0 Å². The predicted octanol–water partition coefficient (Wildman–Crippen LogP) is -1.06. The summed E-state index contributed by atoms with van der Waals surface area (Å²) in [4.78, 5) is 24.1. The van der Waals surface area contributed by atoms with Crippen LogP contribution in [-0.4, -0.2) is 29.3 Å². The van der Waals surface area contributed by atoms with Crippen molar-refractivity contribution < 1.29 is 19.1 Å². The Balaban J connectivity index is 0. The Labute approximate surface area is 53.0 Å². The minimum Gasteiger partial charge on any atom is -0.330 e. The van der Waals surface area contributed by atoms with E-state index < -0.39 is 7.60 Å². The highest BCUT2D eigenvalue weighted by molar-refractivity contribution is 7.51. The molecule has 0 aromatic rings. The molecule has 6 heteroatoms. The van der Waals surface area contributed by atoms with Crippen LogP contribution < -0.4 is 5.73 Å². The number of nitrogens with two attached hydrogens (primary N) is 1. The smallest absolute Gasteiger partial charge is 0.326 e. The van der Waals surface area contributed by atoms with E-state index in [2.05, 4.69) is 0 Å². The van der Waals surface area contributed by atoms with Crippen molar-refractivity contribution in [1.29, 1.82) is 0 Å². The third-order valence-electron chi connectivity index (χ3n) is 0.420. The zero-order chi connectivity index (χ0) is 7.91. The summed E-state index contributed by atoms with van der Waals surface area (Å²) in [6.45, 7) is 2.05. The van der Waals surface area contributed by atoms with Crippen molar-refractivity contribution in [2.45, 2.75) is 0 Å². The number of carbonyl (C=O) groups is 1.